The van der Waals surface area contributed by atoms with Crippen molar-refractivity contribution in [3.05, 3.63) is 45.9 Å². The molecule has 0 N–H and O–H groups in total. The SMILES string of the molecule is Cc1cc(Br)c(C=O)c2ccccc12. The van der Waals surface area contributed by atoms with Crippen LogP contribution in [-0.2, 0) is 0 Å². The smallest absolute Gasteiger partial charge is 0.151 e. The maximum Gasteiger partial charge on any atom is 0.151 e. The first-order chi connectivity index (χ1) is 6.74. The van der Waals surface area contributed by atoms with Crippen molar-refractivity contribution in [2.45, 2.75) is 6.92 Å². The standard InChI is InChI=1S/C12H9BrO/c1-8-6-12(13)11(7-14)10-5-3-2-4-9(8)10/h2-7H,1H3. The Kier molecular flexibility index (Phi) is 2.38. The average molecular weight is 249 g/mol. The molecule has 14 heavy (non-hydrogen) atoms. The van der Waals surface area contributed by atoms with E-state index in [0.29, 0.717) is 0 Å². The highest BCUT2D eigenvalue weighted by Gasteiger charge is 2.06. The fraction of sp³-hybridized carbons (Fsp3) is 0.0833. The van der Waals surface area contributed by atoms with Crippen molar-refractivity contribution in [3.8, 4) is 0 Å². The van der Waals surface area contributed by atoms with Crippen LogP contribution >= 0.6 is 15.9 Å². The molecule has 0 aliphatic heterocycles. The topological polar surface area (TPSA) is 17.1 Å². The molecule has 2 aromatic rings. The molecule has 70 valence electrons. The molecule has 2 aromatic carbocycles. The number of aldehydes is 1. The van der Waals surface area contributed by atoms with Crippen molar-refractivity contribution in [1.29, 1.82) is 0 Å². The van der Waals surface area contributed by atoms with Crippen LogP contribution in [0.5, 0.6) is 0 Å². The summed E-state index contributed by atoms with van der Waals surface area (Å²) in [6.45, 7) is 2.04. The molecule has 0 atom stereocenters. The van der Waals surface area contributed by atoms with E-state index in [0.717, 1.165) is 27.1 Å². The molecule has 0 amide bonds. The molecule has 0 aliphatic rings. The molecule has 0 aliphatic carbocycles. The predicted molar refractivity (Wildman–Crippen MR) is 61.8 cm³/mol. The van der Waals surface area contributed by atoms with Crippen molar-refractivity contribution in [3.63, 3.8) is 0 Å². The monoisotopic (exact) mass is 248 g/mol. The number of hydrogen-bond donors (Lipinski definition) is 0. The second kappa shape index (κ2) is 3.54. The first-order valence-electron chi connectivity index (χ1n) is 4.37. The lowest BCUT2D eigenvalue weighted by Crippen LogP contribution is -1.88. The van der Waals surface area contributed by atoms with Gasteiger partial charge in [-0.05, 0) is 29.3 Å². The molecule has 0 aromatic heterocycles. The van der Waals surface area contributed by atoms with E-state index in [1.165, 1.54) is 5.56 Å². The molecule has 0 saturated carbocycles. The Morgan fingerprint density at radius 3 is 2.50 bits per heavy atom. The largest absolute Gasteiger partial charge is 0.298 e. The first-order valence-corrected chi connectivity index (χ1v) is 5.16. The maximum atomic E-state index is 10.9. The zero-order valence-electron chi connectivity index (χ0n) is 7.75. The van der Waals surface area contributed by atoms with Gasteiger partial charge in [0.1, 0.15) is 0 Å². The molecule has 0 unspecified atom stereocenters. The molecular weight excluding hydrogens is 240 g/mol. The number of benzene rings is 2. The highest BCUT2D eigenvalue weighted by Crippen LogP contribution is 2.27. The van der Waals surface area contributed by atoms with Gasteiger partial charge in [0, 0.05) is 10.0 Å². The Labute approximate surface area is 90.9 Å². The quantitative estimate of drug-likeness (QED) is 0.704. The lowest BCUT2D eigenvalue weighted by atomic mass is 10.0. The molecule has 2 heteroatoms. The van der Waals surface area contributed by atoms with E-state index >= 15 is 0 Å². The summed E-state index contributed by atoms with van der Waals surface area (Å²) in [5.74, 6) is 0. The molecule has 0 heterocycles. The number of fused-ring (bicyclic) bond motifs is 1. The zero-order valence-corrected chi connectivity index (χ0v) is 9.34. The molecular formula is C12H9BrO. The van der Waals surface area contributed by atoms with Crippen molar-refractivity contribution in [2.24, 2.45) is 0 Å². The van der Waals surface area contributed by atoms with Gasteiger partial charge in [0.25, 0.3) is 0 Å². The van der Waals surface area contributed by atoms with Crippen LogP contribution in [0.25, 0.3) is 10.8 Å². The maximum absolute atomic E-state index is 10.9. The number of halogens is 1. The molecule has 0 spiro atoms. The Hall–Kier alpha value is -1.15. The van der Waals surface area contributed by atoms with Gasteiger partial charge >= 0.3 is 0 Å². The Balaban J connectivity index is 2.97. The van der Waals surface area contributed by atoms with E-state index in [1.54, 1.807) is 0 Å². The lowest BCUT2D eigenvalue weighted by molar-refractivity contribution is 0.112. The number of aryl methyl sites for hydroxylation is 1. The number of hydrogen-bond acceptors (Lipinski definition) is 1. The Bertz CT molecular complexity index is 503. The minimum Gasteiger partial charge on any atom is -0.298 e. The normalized spacial score (nSPS) is 10.4. The van der Waals surface area contributed by atoms with Gasteiger partial charge in [0.2, 0.25) is 0 Å². The van der Waals surface area contributed by atoms with E-state index < -0.39 is 0 Å². The van der Waals surface area contributed by atoms with Gasteiger partial charge in [-0.3, -0.25) is 4.79 Å². The van der Waals surface area contributed by atoms with E-state index in [1.807, 2.05) is 37.3 Å². The van der Waals surface area contributed by atoms with E-state index in [2.05, 4.69) is 15.9 Å². The van der Waals surface area contributed by atoms with Gasteiger partial charge < -0.3 is 0 Å². The lowest BCUT2D eigenvalue weighted by Gasteiger charge is -2.06. The fourth-order valence-electron chi connectivity index (χ4n) is 1.66. The van der Waals surface area contributed by atoms with Gasteiger partial charge in [-0.25, -0.2) is 0 Å². The van der Waals surface area contributed by atoms with Crippen molar-refractivity contribution in [1.82, 2.24) is 0 Å². The minimum atomic E-state index is 0.728. The van der Waals surface area contributed by atoms with E-state index in [-0.39, 0.29) is 0 Å². The Morgan fingerprint density at radius 2 is 1.86 bits per heavy atom. The van der Waals surface area contributed by atoms with Gasteiger partial charge in [-0.15, -0.1) is 0 Å². The summed E-state index contributed by atoms with van der Waals surface area (Å²) >= 11 is 3.40. The van der Waals surface area contributed by atoms with Gasteiger partial charge in [0.15, 0.2) is 6.29 Å². The van der Waals surface area contributed by atoms with Crippen LogP contribution in [0.15, 0.2) is 34.8 Å². The molecule has 1 nitrogen and oxygen atoms in total. The number of rotatable bonds is 1. The van der Waals surface area contributed by atoms with Crippen molar-refractivity contribution < 1.29 is 4.79 Å². The second-order valence-electron chi connectivity index (χ2n) is 3.25. The summed E-state index contributed by atoms with van der Waals surface area (Å²) in [5.41, 5.74) is 1.91. The van der Waals surface area contributed by atoms with Crippen LogP contribution in [0.3, 0.4) is 0 Å². The summed E-state index contributed by atoms with van der Waals surface area (Å²) in [4.78, 5) is 10.9. The summed E-state index contributed by atoms with van der Waals surface area (Å²) < 4.78 is 0.865. The molecule has 0 radical (unpaired) electrons. The molecule has 0 fully saturated rings. The third-order valence-electron chi connectivity index (χ3n) is 2.36. The highest BCUT2D eigenvalue weighted by molar-refractivity contribution is 9.10. The first kappa shape index (κ1) is 9.41. The molecule has 2 rings (SSSR count). The van der Waals surface area contributed by atoms with Crippen LogP contribution in [-0.4, -0.2) is 6.29 Å². The van der Waals surface area contributed by atoms with Crippen molar-refractivity contribution >= 4 is 33.0 Å². The third-order valence-corrected chi connectivity index (χ3v) is 3.02. The highest BCUT2D eigenvalue weighted by atomic mass is 79.9. The summed E-state index contributed by atoms with van der Waals surface area (Å²) in [7, 11) is 0. The molecule has 0 bridgehead atoms. The van der Waals surface area contributed by atoms with Gasteiger partial charge in [-0.2, -0.15) is 0 Å². The van der Waals surface area contributed by atoms with Gasteiger partial charge in [0.05, 0.1) is 0 Å². The fourth-order valence-corrected chi connectivity index (χ4v) is 2.31. The summed E-state index contributed by atoms with van der Waals surface area (Å²) in [6.07, 6.45) is 0.895. The van der Waals surface area contributed by atoms with E-state index in [4.69, 9.17) is 0 Å². The average Bonchev–Trinajstić information content (AvgIpc) is 2.18. The summed E-state index contributed by atoms with van der Waals surface area (Å²) in [6, 6.07) is 9.91. The predicted octanol–water partition coefficient (Wildman–Crippen LogP) is 3.72. The third kappa shape index (κ3) is 1.36. The van der Waals surface area contributed by atoms with E-state index in [9.17, 15) is 4.79 Å². The molecule has 0 saturated heterocycles. The van der Waals surface area contributed by atoms with Crippen molar-refractivity contribution in [2.75, 3.05) is 0 Å². The van der Waals surface area contributed by atoms with Crippen LogP contribution < -0.4 is 0 Å². The summed E-state index contributed by atoms with van der Waals surface area (Å²) in [5, 5.41) is 2.15. The van der Waals surface area contributed by atoms with Crippen LogP contribution in [0.2, 0.25) is 0 Å². The number of carbonyl (C=O) groups is 1. The second-order valence-corrected chi connectivity index (χ2v) is 4.11. The zero-order chi connectivity index (χ0) is 10.1. The van der Waals surface area contributed by atoms with Crippen LogP contribution in [0.1, 0.15) is 15.9 Å². The Morgan fingerprint density at radius 1 is 1.21 bits per heavy atom. The number of carbonyl (C=O) groups excluding carboxylic acids is 1. The van der Waals surface area contributed by atoms with Crippen LogP contribution in [0, 0.1) is 6.92 Å². The van der Waals surface area contributed by atoms with Gasteiger partial charge in [-0.1, -0.05) is 40.2 Å². The van der Waals surface area contributed by atoms with Crippen LogP contribution in [0.4, 0.5) is 0 Å². The minimum absolute atomic E-state index is 0.728.